The molecule has 1 aromatic rings. The molecule has 0 unspecified atom stereocenters. The van der Waals surface area contributed by atoms with Crippen LogP contribution in [0.5, 0.6) is 11.5 Å². The van der Waals surface area contributed by atoms with Gasteiger partial charge in [0.25, 0.3) is 9.04 Å². The van der Waals surface area contributed by atoms with Crippen molar-refractivity contribution in [3.8, 4) is 11.5 Å². The van der Waals surface area contributed by atoms with Crippen LogP contribution >= 0.6 is 15.9 Å². The molecule has 0 atom stereocenters. The Balaban J connectivity index is 2.62. The maximum Gasteiger partial charge on any atom is 0.274 e. The summed E-state index contributed by atoms with van der Waals surface area (Å²) in [7, 11) is 0.755. The number of benzene rings is 1. The molecule has 0 amide bonds. The predicted octanol–water partition coefficient (Wildman–Crippen LogP) is 5.25. The van der Waals surface area contributed by atoms with E-state index in [4.69, 9.17) is 9.16 Å². The highest BCUT2D eigenvalue weighted by molar-refractivity contribution is 9.10. The molecule has 1 aliphatic rings. The van der Waals surface area contributed by atoms with Crippen LogP contribution in [0.3, 0.4) is 0 Å². The van der Waals surface area contributed by atoms with Gasteiger partial charge in [0.05, 0.1) is 11.6 Å². The second-order valence-electron chi connectivity index (χ2n) is 7.04. The molecule has 5 heteroatoms. The zero-order valence-corrected chi connectivity index (χ0v) is 17.3. The summed E-state index contributed by atoms with van der Waals surface area (Å²) in [6.45, 7) is 10.4. The number of ketones is 1. The highest BCUT2D eigenvalue weighted by Gasteiger charge is 2.32. The van der Waals surface area contributed by atoms with Gasteiger partial charge in [0, 0.05) is 12.5 Å². The Bertz CT molecular complexity index is 662. The second kappa shape index (κ2) is 6.81. The van der Waals surface area contributed by atoms with Crippen LogP contribution in [0.15, 0.2) is 22.2 Å². The number of allylic oxidation sites excluding steroid dienone is 2. The number of carbonyl (C=O) groups is 1. The van der Waals surface area contributed by atoms with Crippen molar-refractivity contribution in [3.05, 3.63) is 27.7 Å². The molecule has 0 aromatic heterocycles. The maximum atomic E-state index is 12.4. The second-order valence-corrected chi connectivity index (χ2v) is 9.86. The number of ether oxygens (including phenoxy) is 1. The molecule has 0 aliphatic heterocycles. The summed E-state index contributed by atoms with van der Waals surface area (Å²) in [6, 6.07) is 3.89. The van der Waals surface area contributed by atoms with E-state index in [9.17, 15) is 4.79 Å². The van der Waals surface area contributed by atoms with E-state index in [1.807, 2.05) is 19.1 Å². The summed E-state index contributed by atoms with van der Waals surface area (Å²) in [5.74, 6) is 1.76. The molecule has 0 heterocycles. The molecule has 0 N–H and O–H groups in total. The molecule has 0 fully saturated rings. The fourth-order valence-electron chi connectivity index (χ4n) is 2.91. The van der Waals surface area contributed by atoms with Crippen LogP contribution in [0.4, 0.5) is 0 Å². The zero-order chi connectivity index (χ0) is 17.4. The summed E-state index contributed by atoms with van der Waals surface area (Å²) in [5, 5.41) is 0. The van der Waals surface area contributed by atoms with Crippen LogP contribution < -0.4 is 9.16 Å². The Labute approximate surface area is 148 Å². The first-order valence-electron chi connectivity index (χ1n) is 7.73. The standard InChI is InChI=1S/C18H24BrO3Si/c1-11-14(9-18(2,3)10-15(11)20)13-7-12(21-4)8-16(17(13)19)22-23(5)6/h7-8H,9-10H2,1-6H3. The Kier molecular flexibility index (Phi) is 5.41. The molecule has 1 radical (unpaired) electrons. The Morgan fingerprint density at radius 1 is 1.22 bits per heavy atom. The largest absolute Gasteiger partial charge is 0.542 e. The van der Waals surface area contributed by atoms with Gasteiger partial charge < -0.3 is 9.16 Å². The number of carbonyl (C=O) groups excluding carboxylic acids is 1. The zero-order valence-electron chi connectivity index (χ0n) is 14.7. The predicted molar refractivity (Wildman–Crippen MR) is 99.4 cm³/mol. The summed E-state index contributed by atoms with van der Waals surface area (Å²) in [6.07, 6.45) is 1.47. The average Bonchev–Trinajstić information content (AvgIpc) is 2.44. The number of methoxy groups -OCH3 is 1. The van der Waals surface area contributed by atoms with Crippen molar-refractivity contribution in [1.82, 2.24) is 0 Å². The number of halogens is 1. The van der Waals surface area contributed by atoms with Crippen LogP contribution in [0.25, 0.3) is 5.57 Å². The third-order valence-corrected chi connectivity index (χ3v) is 5.50. The van der Waals surface area contributed by atoms with Crippen molar-refractivity contribution in [2.75, 3.05) is 7.11 Å². The van der Waals surface area contributed by atoms with Crippen LogP contribution in [0.2, 0.25) is 13.1 Å². The molecule has 1 aromatic carbocycles. The van der Waals surface area contributed by atoms with Gasteiger partial charge in [0.1, 0.15) is 11.5 Å². The molecule has 1 aliphatic carbocycles. The smallest absolute Gasteiger partial charge is 0.274 e. The highest BCUT2D eigenvalue weighted by Crippen LogP contribution is 2.46. The third kappa shape index (κ3) is 4.07. The van der Waals surface area contributed by atoms with E-state index in [1.54, 1.807) is 7.11 Å². The molecule has 2 rings (SSSR count). The minimum absolute atomic E-state index is 0.0278. The van der Waals surface area contributed by atoms with Gasteiger partial charge in [-0.25, -0.2) is 0 Å². The molecule has 0 bridgehead atoms. The van der Waals surface area contributed by atoms with Gasteiger partial charge >= 0.3 is 0 Å². The van der Waals surface area contributed by atoms with Crippen molar-refractivity contribution in [2.45, 2.75) is 46.7 Å². The minimum atomic E-state index is -0.895. The first kappa shape index (κ1) is 18.3. The van der Waals surface area contributed by atoms with Gasteiger partial charge in [-0.15, -0.1) is 0 Å². The van der Waals surface area contributed by atoms with Crippen molar-refractivity contribution in [2.24, 2.45) is 5.41 Å². The number of rotatable bonds is 4. The van der Waals surface area contributed by atoms with Gasteiger partial charge in [-0.1, -0.05) is 13.8 Å². The summed E-state index contributed by atoms with van der Waals surface area (Å²) in [5.41, 5.74) is 2.91. The summed E-state index contributed by atoms with van der Waals surface area (Å²) >= 11 is 3.68. The van der Waals surface area contributed by atoms with Crippen LogP contribution in [-0.2, 0) is 4.79 Å². The highest BCUT2D eigenvalue weighted by atomic mass is 79.9. The third-order valence-electron chi connectivity index (χ3n) is 4.05. The van der Waals surface area contributed by atoms with E-state index in [1.165, 1.54) is 0 Å². The van der Waals surface area contributed by atoms with Gasteiger partial charge in [-0.05, 0) is 70.6 Å². The average molecular weight is 396 g/mol. The fraction of sp³-hybridized carbons (Fsp3) is 0.500. The van der Waals surface area contributed by atoms with E-state index < -0.39 is 9.04 Å². The number of hydrogen-bond acceptors (Lipinski definition) is 3. The van der Waals surface area contributed by atoms with E-state index in [-0.39, 0.29) is 11.2 Å². The number of Topliss-reactive ketones (excluding diaryl/α,β-unsaturated/α-hetero) is 1. The van der Waals surface area contributed by atoms with Gasteiger partial charge in [0.15, 0.2) is 5.78 Å². The lowest BCUT2D eigenvalue weighted by atomic mass is 9.72. The van der Waals surface area contributed by atoms with E-state index in [0.29, 0.717) is 6.42 Å². The van der Waals surface area contributed by atoms with Crippen LogP contribution in [0.1, 0.15) is 39.2 Å². The summed E-state index contributed by atoms with van der Waals surface area (Å²) < 4.78 is 12.3. The molecule has 0 saturated carbocycles. The molecule has 0 spiro atoms. The van der Waals surface area contributed by atoms with Crippen molar-refractivity contribution in [1.29, 1.82) is 0 Å². The molecule has 3 nitrogen and oxygen atoms in total. The van der Waals surface area contributed by atoms with Gasteiger partial charge in [0.2, 0.25) is 0 Å². The van der Waals surface area contributed by atoms with E-state index in [2.05, 4.69) is 42.9 Å². The summed E-state index contributed by atoms with van der Waals surface area (Å²) in [4.78, 5) is 12.4. The normalized spacial score (nSPS) is 17.7. The number of hydrogen-bond donors (Lipinski definition) is 0. The molecular formula is C18H24BrO3Si. The van der Waals surface area contributed by atoms with Crippen LogP contribution in [-0.4, -0.2) is 21.9 Å². The first-order valence-corrected chi connectivity index (χ1v) is 10.9. The minimum Gasteiger partial charge on any atom is -0.542 e. The molecule has 125 valence electrons. The van der Waals surface area contributed by atoms with Gasteiger partial charge in [-0.3, -0.25) is 4.79 Å². The van der Waals surface area contributed by atoms with Crippen molar-refractivity contribution >= 4 is 36.3 Å². The van der Waals surface area contributed by atoms with Crippen molar-refractivity contribution < 1.29 is 14.0 Å². The Morgan fingerprint density at radius 3 is 2.43 bits per heavy atom. The molecular weight excluding hydrogens is 372 g/mol. The fourth-order valence-corrected chi connectivity index (χ4v) is 4.21. The lowest BCUT2D eigenvalue weighted by Crippen LogP contribution is -2.24. The quantitative estimate of drug-likeness (QED) is 0.652. The SMILES string of the molecule is COc1cc(O[Si](C)C)c(Br)c(C2=C(C)C(=O)CC(C)(C)C2)c1. The topological polar surface area (TPSA) is 35.5 Å². The van der Waals surface area contributed by atoms with E-state index >= 15 is 0 Å². The first-order chi connectivity index (χ1) is 10.6. The monoisotopic (exact) mass is 395 g/mol. The lowest BCUT2D eigenvalue weighted by molar-refractivity contribution is -0.117. The Morgan fingerprint density at radius 2 is 1.87 bits per heavy atom. The van der Waals surface area contributed by atoms with Crippen LogP contribution in [0, 0.1) is 5.41 Å². The Hall–Kier alpha value is -1.07. The van der Waals surface area contributed by atoms with Crippen molar-refractivity contribution in [3.63, 3.8) is 0 Å². The maximum absolute atomic E-state index is 12.4. The molecule has 23 heavy (non-hydrogen) atoms. The van der Waals surface area contributed by atoms with E-state index in [0.717, 1.165) is 39.1 Å². The molecule has 0 saturated heterocycles. The van der Waals surface area contributed by atoms with Gasteiger partial charge in [-0.2, -0.15) is 0 Å². The lowest BCUT2D eigenvalue weighted by Gasteiger charge is -2.32.